The second kappa shape index (κ2) is 9.38. The van der Waals surface area contributed by atoms with Crippen LogP contribution in [-0.2, 0) is 4.79 Å². The highest BCUT2D eigenvalue weighted by Gasteiger charge is 2.20. The summed E-state index contributed by atoms with van der Waals surface area (Å²) >= 11 is 0. The number of nitrogens with one attached hydrogen (secondary N) is 1. The molecule has 5 nitrogen and oxygen atoms in total. The van der Waals surface area contributed by atoms with Crippen molar-refractivity contribution >= 4 is 5.91 Å². The van der Waals surface area contributed by atoms with Gasteiger partial charge < -0.3 is 16.0 Å². The Labute approximate surface area is 129 Å². The largest absolute Gasteiger partial charge is 0.352 e. The standard InChI is InChI=1S/C16H32N4O/c17-8-5-9-19-10-12-20(13-11-19)14-16(21)18-15-6-3-1-2-4-7-15/h15H,1-14,17H2,(H,18,21). The normalized spacial score (nSPS) is 22.9. The molecular weight excluding hydrogens is 264 g/mol. The van der Waals surface area contributed by atoms with Crippen molar-refractivity contribution in [3.8, 4) is 0 Å². The Bertz CT molecular complexity index is 295. The van der Waals surface area contributed by atoms with Crippen LogP contribution in [0.2, 0.25) is 0 Å². The number of amides is 1. The molecule has 0 unspecified atom stereocenters. The van der Waals surface area contributed by atoms with Crippen LogP contribution in [0.3, 0.4) is 0 Å². The number of rotatable bonds is 6. The van der Waals surface area contributed by atoms with E-state index in [0.717, 1.165) is 45.7 Å². The molecule has 0 aromatic heterocycles. The van der Waals surface area contributed by atoms with Crippen molar-refractivity contribution in [3.05, 3.63) is 0 Å². The molecule has 1 saturated heterocycles. The molecule has 1 amide bonds. The van der Waals surface area contributed by atoms with E-state index in [1.807, 2.05) is 0 Å². The van der Waals surface area contributed by atoms with Gasteiger partial charge in [0.25, 0.3) is 0 Å². The van der Waals surface area contributed by atoms with Crippen molar-refractivity contribution in [1.82, 2.24) is 15.1 Å². The highest BCUT2D eigenvalue weighted by molar-refractivity contribution is 5.78. The molecule has 2 rings (SSSR count). The Hall–Kier alpha value is -0.650. The lowest BCUT2D eigenvalue weighted by atomic mass is 10.1. The third-order valence-corrected chi connectivity index (χ3v) is 4.73. The lowest BCUT2D eigenvalue weighted by molar-refractivity contribution is -0.123. The van der Waals surface area contributed by atoms with Gasteiger partial charge in [0, 0.05) is 32.2 Å². The molecule has 0 radical (unpaired) electrons. The predicted octanol–water partition coefficient (Wildman–Crippen LogP) is 0.792. The molecule has 2 fully saturated rings. The number of nitrogens with zero attached hydrogens (tertiary/aromatic N) is 2. The summed E-state index contributed by atoms with van der Waals surface area (Å²) in [4.78, 5) is 16.9. The van der Waals surface area contributed by atoms with E-state index < -0.39 is 0 Å². The summed E-state index contributed by atoms with van der Waals surface area (Å²) in [5.74, 6) is 0.220. The minimum absolute atomic E-state index is 0.220. The lowest BCUT2D eigenvalue weighted by Gasteiger charge is -2.34. The van der Waals surface area contributed by atoms with E-state index in [-0.39, 0.29) is 5.91 Å². The van der Waals surface area contributed by atoms with Crippen LogP contribution in [-0.4, -0.2) is 67.6 Å². The van der Waals surface area contributed by atoms with E-state index in [2.05, 4.69) is 15.1 Å². The molecule has 0 bridgehead atoms. The van der Waals surface area contributed by atoms with Gasteiger partial charge in [-0.25, -0.2) is 0 Å². The molecule has 5 heteroatoms. The van der Waals surface area contributed by atoms with Gasteiger partial charge in [0.1, 0.15) is 0 Å². The fourth-order valence-electron chi connectivity index (χ4n) is 3.39. The topological polar surface area (TPSA) is 61.6 Å². The summed E-state index contributed by atoms with van der Waals surface area (Å²) in [5.41, 5.74) is 5.55. The number of hydrogen-bond donors (Lipinski definition) is 2. The first kappa shape index (κ1) is 16.7. The summed E-state index contributed by atoms with van der Waals surface area (Å²) in [6.07, 6.45) is 8.60. The van der Waals surface area contributed by atoms with Gasteiger partial charge in [-0.3, -0.25) is 9.69 Å². The van der Waals surface area contributed by atoms with Crippen molar-refractivity contribution in [2.24, 2.45) is 5.73 Å². The molecule has 1 aliphatic carbocycles. The molecule has 0 aromatic carbocycles. The van der Waals surface area contributed by atoms with E-state index in [0.29, 0.717) is 12.6 Å². The minimum atomic E-state index is 0.220. The number of piperazine rings is 1. The number of nitrogens with two attached hydrogens (primary N) is 1. The minimum Gasteiger partial charge on any atom is -0.352 e. The predicted molar refractivity (Wildman–Crippen MR) is 86.2 cm³/mol. The molecule has 1 heterocycles. The van der Waals surface area contributed by atoms with Crippen LogP contribution in [0, 0.1) is 0 Å². The summed E-state index contributed by atoms with van der Waals surface area (Å²) in [6.45, 7) is 6.57. The summed E-state index contributed by atoms with van der Waals surface area (Å²) in [7, 11) is 0. The third kappa shape index (κ3) is 6.32. The fourth-order valence-corrected chi connectivity index (χ4v) is 3.39. The maximum Gasteiger partial charge on any atom is 0.234 e. The molecule has 0 aromatic rings. The number of carbonyl (C=O) groups is 1. The van der Waals surface area contributed by atoms with Crippen LogP contribution in [0.5, 0.6) is 0 Å². The van der Waals surface area contributed by atoms with E-state index in [4.69, 9.17) is 5.73 Å². The first-order valence-electron chi connectivity index (χ1n) is 8.72. The van der Waals surface area contributed by atoms with Gasteiger partial charge >= 0.3 is 0 Å². The lowest BCUT2D eigenvalue weighted by Crippen LogP contribution is -2.50. The Kier molecular flexibility index (Phi) is 7.47. The number of carbonyl (C=O) groups excluding carboxylic acids is 1. The van der Waals surface area contributed by atoms with E-state index in [1.54, 1.807) is 0 Å². The van der Waals surface area contributed by atoms with Crippen LogP contribution >= 0.6 is 0 Å². The molecule has 122 valence electrons. The van der Waals surface area contributed by atoms with Crippen LogP contribution in [0.1, 0.15) is 44.9 Å². The average molecular weight is 296 g/mol. The van der Waals surface area contributed by atoms with Gasteiger partial charge in [0.05, 0.1) is 6.54 Å². The quantitative estimate of drug-likeness (QED) is 0.712. The van der Waals surface area contributed by atoms with E-state index in [9.17, 15) is 4.79 Å². The van der Waals surface area contributed by atoms with E-state index in [1.165, 1.54) is 38.5 Å². The Morgan fingerprint density at radius 2 is 1.62 bits per heavy atom. The summed E-state index contributed by atoms with van der Waals surface area (Å²) < 4.78 is 0. The zero-order chi connectivity index (χ0) is 14.9. The van der Waals surface area contributed by atoms with Crippen molar-refractivity contribution < 1.29 is 4.79 Å². The maximum atomic E-state index is 12.2. The highest BCUT2D eigenvalue weighted by Crippen LogP contribution is 2.17. The molecule has 0 atom stereocenters. The molecule has 21 heavy (non-hydrogen) atoms. The van der Waals surface area contributed by atoms with Gasteiger partial charge in [-0.1, -0.05) is 25.7 Å². The van der Waals surface area contributed by atoms with Crippen LogP contribution in [0.25, 0.3) is 0 Å². The molecule has 3 N–H and O–H groups in total. The Balaban J connectivity index is 1.62. The smallest absolute Gasteiger partial charge is 0.234 e. The Morgan fingerprint density at radius 1 is 1.00 bits per heavy atom. The van der Waals surface area contributed by atoms with E-state index >= 15 is 0 Å². The van der Waals surface area contributed by atoms with Gasteiger partial charge in [0.2, 0.25) is 5.91 Å². The van der Waals surface area contributed by atoms with Crippen molar-refractivity contribution in [1.29, 1.82) is 0 Å². The summed E-state index contributed by atoms with van der Waals surface area (Å²) in [6, 6.07) is 0.422. The SMILES string of the molecule is NCCCN1CCN(CC(=O)NC2CCCCCC2)CC1. The van der Waals surface area contributed by atoms with Crippen LogP contribution in [0.4, 0.5) is 0 Å². The zero-order valence-electron chi connectivity index (χ0n) is 13.4. The van der Waals surface area contributed by atoms with Gasteiger partial charge in [-0.2, -0.15) is 0 Å². The monoisotopic (exact) mass is 296 g/mol. The molecule has 2 aliphatic rings. The van der Waals surface area contributed by atoms with Crippen molar-refractivity contribution in [3.63, 3.8) is 0 Å². The second-order valence-corrected chi connectivity index (χ2v) is 6.52. The first-order chi connectivity index (χ1) is 10.3. The number of hydrogen-bond acceptors (Lipinski definition) is 4. The fraction of sp³-hybridized carbons (Fsp3) is 0.938. The highest BCUT2D eigenvalue weighted by atomic mass is 16.2. The molecular formula is C16H32N4O. The second-order valence-electron chi connectivity index (χ2n) is 6.52. The molecule has 0 spiro atoms. The van der Waals surface area contributed by atoms with Gasteiger partial charge in [0.15, 0.2) is 0 Å². The zero-order valence-corrected chi connectivity index (χ0v) is 13.4. The molecule has 1 saturated carbocycles. The van der Waals surface area contributed by atoms with Crippen molar-refractivity contribution in [2.75, 3.05) is 45.8 Å². The van der Waals surface area contributed by atoms with Gasteiger partial charge in [-0.15, -0.1) is 0 Å². The van der Waals surface area contributed by atoms with Gasteiger partial charge in [-0.05, 0) is 32.4 Å². The van der Waals surface area contributed by atoms with Crippen molar-refractivity contribution in [2.45, 2.75) is 51.0 Å². The van der Waals surface area contributed by atoms with Crippen LogP contribution < -0.4 is 11.1 Å². The summed E-state index contributed by atoms with van der Waals surface area (Å²) in [5, 5.41) is 3.24. The third-order valence-electron chi connectivity index (χ3n) is 4.73. The van der Waals surface area contributed by atoms with Crippen LogP contribution in [0.15, 0.2) is 0 Å². The first-order valence-corrected chi connectivity index (χ1v) is 8.72. The average Bonchev–Trinajstić information content (AvgIpc) is 2.75. The maximum absolute atomic E-state index is 12.2. The molecule has 1 aliphatic heterocycles. The Morgan fingerprint density at radius 3 is 2.24 bits per heavy atom.